The molecule has 0 atom stereocenters. The van der Waals surface area contributed by atoms with E-state index < -0.39 is 0 Å². The van der Waals surface area contributed by atoms with Gasteiger partial charge in [-0.2, -0.15) is 0 Å². The van der Waals surface area contributed by atoms with E-state index in [1.165, 1.54) is 27.8 Å². The molecule has 3 aromatic rings. The van der Waals surface area contributed by atoms with Crippen LogP contribution in [0.15, 0.2) is 64.6 Å². The van der Waals surface area contributed by atoms with E-state index in [2.05, 4.69) is 36.3 Å². The predicted molar refractivity (Wildman–Crippen MR) is 122 cm³/mol. The van der Waals surface area contributed by atoms with Crippen LogP contribution in [-0.2, 0) is 0 Å². The quantitative estimate of drug-likeness (QED) is 0.573. The summed E-state index contributed by atoms with van der Waals surface area (Å²) in [4.78, 5) is 32.1. The average Bonchev–Trinajstić information content (AvgIpc) is 2.72. The third-order valence-corrected chi connectivity index (χ3v) is 5.91. The lowest BCUT2D eigenvalue weighted by Crippen LogP contribution is -2.22. The molecule has 0 radical (unpaired) electrons. The molecule has 1 heterocycles. The molecule has 1 aromatic heterocycles. The van der Waals surface area contributed by atoms with E-state index in [-0.39, 0.29) is 11.8 Å². The van der Waals surface area contributed by atoms with Crippen LogP contribution in [0.25, 0.3) is 0 Å². The third kappa shape index (κ3) is 5.01. The molecule has 2 aromatic carbocycles. The number of amides is 2. The molecule has 30 heavy (non-hydrogen) atoms. The highest BCUT2D eigenvalue weighted by Gasteiger charge is 2.17. The number of halogens is 1. The first kappa shape index (κ1) is 21.9. The monoisotopic (exact) mass is 439 g/mol. The van der Waals surface area contributed by atoms with Crippen LogP contribution >= 0.6 is 23.4 Å². The fourth-order valence-corrected chi connectivity index (χ4v) is 3.92. The lowest BCUT2D eigenvalue weighted by Gasteiger charge is -2.14. The number of benzene rings is 2. The lowest BCUT2D eigenvalue weighted by molar-refractivity contribution is 0.0827. The molecule has 0 aliphatic rings. The Hall–Kier alpha value is -2.83. The molecule has 7 heteroatoms. The molecule has 0 aliphatic carbocycles. The van der Waals surface area contributed by atoms with Gasteiger partial charge in [-0.25, -0.2) is 4.98 Å². The van der Waals surface area contributed by atoms with Gasteiger partial charge in [-0.3, -0.25) is 9.59 Å². The Bertz CT molecular complexity index is 1120. The van der Waals surface area contributed by atoms with Crippen LogP contribution in [-0.4, -0.2) is 35.8 Å². The summed E-state index contributed by atoms with van der Waals surface area (Å²) >= 11 is 7.59. The van der Waals surface area contributed by atoms with Crippen molar-refractivity contribution in [1.29, 1.82) is 0 Å². The van der Waals surface area contributed by atoms with E-state index in [4.69, 9.17) is 11.6 Å². The van der Waals surface area contributed by atoms with Crippen molar-refractivity contribution >= 4 is 40.9 Å². The molecule has 1 N–H and O–H groups in total. The van der Waals surface area contributed by atoms with E-state index >= 15 is 0 Å². The minimum absolute atomic E-state index is 0.233. The van der Waals surface area contributed by atoms with Gasteiger partial charge in [0.25, 0.3) is 11.8 Å². The Balaban J connectivity index is 1.85. The predicted octanol–water partition coefficient (Wildman–Crippen LogP) is 5.46. The number of hydrogen-bond acceptors (Lipinski definition) is 4. The topological polar surface area (TPSA) is 62.3 Å². The Kier molecular flexibility index (Phi) is 6.80. The summed E-state index contributed by atoms with van der Waals surface area (Å²) < 4.78 is 0. The second-order valence-corrected chi connectivity index (χ2v) is 8.52. The smallest absolute Gasteiger partial charge is 0.258 e. The normalized spacial score (nSPS) is 10.6. The number of carbonyl (C=O) groups excluding carboxylic acids is 2. The van der Waals surface area contributed by atoms with Crippen LogP contribution in [0.1, 0.15) is 31.8 Å². The van der Waals surface area contributed by atoms with Crippen molar-refractivity contribution < 1.29 is 9.59 Å². The van der Waals surface area contributed by atoms with Crippen molar-refractivity contribution in [2.75, 3.05) is 19.4 Å². The maximum absolute atomic E-state index is 13.0. The van der Waals surface area contributed by atoms with Crippen molar-refractivity contribution in [2.45, 2.75) is 23.8 Å². The molecule has 0 saturated heterocycles. The van der Waals surface area contributed by atoms with E-state index in [0.29, 0.717) is 26.9 Å². The molecule has 0 aliphatic heterocycles. The molecule has 0 unspecified atom stereocenters. The van der Waals surface area contributed by atoms with Gasteiger partial charge in [-0.15, -0.1) is 0 Å². The fraction of sp³-hybridized carbons (Fsp3) is 0.174. The average molecular weight is 440 g/mol. The van der Waals surface area contributed by atoms with Gasteiger partial charge in [0.05, 0.1) is 16.1 Å². The lowest BCUT2D eigenvalue weighted by atomic mass is 10.1. The molecule has 0 fully saturated rings. The van der Waals surface area contributed by atoms with Crippen molar-refractivity contribution in [3.8, 4) is 0 Å². The number of nitrogens with one attached hydrogen (secondary N) is 1. The van der Waals surface area contributed by atoms with Crippen molar-refractivity contribution in [1.82, 2.24) is 9.88 Å². The SMILES string of the molecule is Cc1ccc(Sc2ncccc2C(=O)Nc2ccc(Cl)c(C(=O)N(C)C)c2)cc1C. The molecular formula is C23H22ClN3O2S. The summed E-state index contributed by atoms with van der Waals surface area (Å²) in [6.07, 6.45) is 1.66. The van der Waals surface area contributed by atoms with Crippen molar-refractivity contribution in [2.24, 2.45) is 0 Å². The Morgan fingerprint density at radius 1 is 1.00 bits per heavy atom. The summed E-state index contributed by atoms with van der Waals surface area (Å²) in [5.74, 6) is -0.538. The third-order valence-electron chi connectivity index (χ3n) is 4.57. The van der Waals surface area contributed by atoms with Gasteiger partial charge in [0, 0.05) is 30.9 Å². The highest BCUT2D eigenvalue weighted by molar-refractivity contribution is 7.99. The molecule has 2 amide bonds. The van der Waals surface area contributed by atoms with Gasteiger partial charge in [0.2, 0.25) is 0 Å². The Morgan fingerprint density at radius 2 is 1.77 bits per heavy atom. The molecule has 0 bridgehead atoms. The Labute approximate surface area is 185 Å². The maximum Gasteiger partial charge on any atom is 0.258 e. The van der Waals surface area contributed by atoms with E-state index in [1.54, 1.807) is 50.6 Å². The fourth-order valence-electron chi connectivity index (χ4n) is 2.74. The molecule has 3 rings (SSSR count). The zero-order valence-electron chi connectivity index (χ0n) is 17.2. The maximum atomic E-state index is 13.0. The minimum Gasteiger partial charge on any atom is -0.345 e. The number of pyridine rings is 1. The number of hydrogen-bond donors (Lipinski definition) is 1. The summed E-state index contributed by atoms with van der Waals surface area (Å²) in [5.41, 5.74) is 3.66. The standard InChI is InChI=1S/C23H22ClN3O2S/c1-14-7-9-17(12-15(14)2)30-22-18(6-5-11-25-22)21(28)26-16-8-10-20(24)19(13-16)23(29)27(3)4/h5-13H,1-4H3,(H,26,28). The second kappa shape index (κ2) is 9.32. The van der Waals surface area contributed by atoms with Gasteiger partial charge in [-0.05, 0) is 67.4 Å². The van der Waals surface area contributed by atoms with Gasteiger partial charge in [0.15, 0.2) is 0 Å². The van der Waals surface area contributed by atoms with Gasteiger partial charge in [-0.1, -0.05) is 29.4 Å². The first-order valence-corrected chi connectivity index (χ1v) is 10.5. The molecule has 5 nitrogen and oxygen atoms in total. The van der Waals surface area contributed by atoms with E-state index in [0.717, 1.165) is 4.90 Å². The summed E-state index contributed by atoms with van der Waals surface area (Å²) in [6.45, 7) is 4.11. The van der Waals surface area contributed by atoms with Crippen LogP contribution in [0.4, 0.5) is 5.69 Å². The van der Waals surface area contributed by atoms with Gasteiger partial charge in [0.1, 0.15) is 5.03 Å². The number of carbonyl (C=O) groups is 2. The zero-order valence-corrected chi connectivity index (χ0v) is 18.8. The first-order chi connectivity index (χ1) is 14.3. The number of aromatic nitrogens is 1. The number of aryl methyl sites for hydroxylation is 2. The molecule has 154 valence electrons. The van der Waals surface area contributed by atoms with Gasteiger partial charge >= 0.3 is 0 Å². The van der Waals surface area contributed by atoms with Gasteiger partial charge < -0.3 is 10.2 Å². The summed E-state index contributed by atoms with van der Waals surface area (Å²) in [6, 6.07) is 14.4. The first-order valence-electron chi connectivity index (χ1n) is 9.29. The van der Waals surface area contributed by atoms with Crippen molar-refractivity contribution in [3.63, 3.8) is 0 Å². The number of anilines is 1. The molecule has 0 saturated carbocycles. The summed E-state index contributed by atoms with van der Waals surface area (Å²) in [7, 11) is 3.30. The van der Waals surface area contributed by atoms with Crippen LogP contribution < -0.4 is 5.32 Å². The van der Waals surface area contributed by atoms with E-state index in [1.807, 2.05) is 6.07 Å². The minimum atomic E-state index is -0.306. The number of nitrogens with zero attached hydrogens (tertiary/aromatic N) is 2. The van der Waals surface area contributed by atoms with E-state index in [9.17, 15) is 9.59 Å². The van der Waals surface area contributed by atoms with Crippen molar-refractivity contribution in [3.05, 3.63) is 82.0 Å². The largest absolute Gasteiger partial charge is 0.345 e. The van der Waals surface area contributed by atoms with Crippen LogP contribution in [0.5, 0.6) is 0 Å². The highest BCUT2D eigenvalue weighted by atomic mass is 35.5. The highest BCUT2D eigenvalue weighted by Crippen LogP contribution is 2.30. The molecule has 0 spiro atoms. The zero-order chi connectivity index (χ0) is 21.8. The van der Waals surface area contributed by atoms with Crippen LogP contribution in [0, 0.1) is 13.8 Å². The second-order valence-electron chi connectivity index (χ2n) is 7.05. The van der Waals surface area contributed by atoms with Crippen LogP contribution in [0.2, 0.25) is 5.02 Å². The van der Waals surface area contributed by atoms with Crippen LogP contribution in [0.3, 0.4) is 0 Å². The number of rotatable bonds is 5. The summed E-state index contributed by atoms with van der Waals surface area (Å²) in [5, 5.41) is 3.79. The molecular weight excluding hydrogens is 418 g/mol. The Morgan fingerprint density at radius 3 is 2.47 bits per heavy atom.